The number of hydrogen-bond donors (Lipinski definition) is 2. The number of nitrogens with zero attached hydrogens (tertiary/aromatic N) is 1. The van der Waals surface area contributed by atoms with E-state index in [9.17, 15) is 22.8 Å². The minimum absolute atomic E-state index is 0.0568. The van der Waals surface area contributed by atoms with Crippen LogP contribution in [0, 0.1) is 6.92 Å². The molecule has 0 atom stereocenters. The molecule has 0 radical (unpaired) electrons. The first-order valence-electron chi connectivity index (χ1n) is 8.74. The predicted molar refractivity (Wildman–Crippen MR) is 102 cm³/mol. The van der Waals surface area contributed by atoms with Gasteiger partial charge in [0.25, 0.3) is 0 Å². The summed E-state index contributed by atoms with van der Waals surface area (Å²) in [7, 11) is 0. The summed E-state index contributed by atoms with van der Waals surface area (Å²) in [6.45, 7) is 3.81. The molecule has 5 nitrogen and oxygen atoms in total. The zero-order chi connectivity index (χ0) is 20.7. The molecular weight excluding hydrogens is 371 g/mol. The summed E-state index contributed by atoms with van der Waals surface area (Å²) in [6, 6.07) is 12.0. The molecule has 8 heteroatoms. The topological polar surface area (TPSA) is 61.4 Å². The largest absolute Gasteiger partial charge is 0.418 e. The summed E-state index contributed by atoms with van der Waals surface area (Å²) in [4.78, 5) is 25.9. The standard InChI is InChI=1S/C20H22F3N3O2/c1-3-26(12-18(27)24-15-10-8-14(2)9-11-15)13-19(28)25-17-7-5-4-6-16(17)20(21,22)23/h4-11H,3,12-13H2,1-2H3,(H,24,27)(H,25,28). The number of carbonyl (C=O) groups is 2. The first-order valence-corrected chi connectivity index (χ1v) is 8.74. The molecule has 0 bridgehead atoms. The van der Waals surface area contributed by atoms with E-state index in [1.54, 1.807) is 19.1 Å². The highest BCUT2D eigenvalue weighted by Gasteiger charge is 2.33. The Morgan fingerprint density at radius 2 is 1.50 bits per heavy atom. The van der Waals surface area contributed by atoms with Crippen molar-refractivity contribution in [1.82, 2.24) is 4.90 Å². The van der Waals surface area contributed by atoms with Gasteiger partial charge in [-0.05, 0) is 37.7 Å². The van der Waals surface area contributed by atoms with Crippen LogP contribution in [0.3, 0.4) is 0 Å². The summed E-state index contributed by atoms with van der Waals surface area (Å²) < 4.78 is 39.1. The maximum Gasteiger partial charge on any atom is 0.418 e. The van der Waals surface area contributed by atoms with E-state index in [0.29, 0.717) is 12.2 Å². The van der Waals surface area contributed by atoms with Crippen LogP contribution in [-0.2, 0) is 15.8 Å². The molecule has 0 aromatic heterocycles. The van der Waals surface area contributed by atoms with Crippen LogP contribution in [0.2, 0.25) is 0 Å². The lowest BCUT2D eigenvalue weighted by Gasteiger charge is -2.20. The van der Waals surface area contributed by atoms with E-state index in [1.807, 2.05) is 19.1 Å². The molecule has 0 fully saturated rings. The van der Waals surface area contributed by atoms with Crippen LogP contribution in [-0.4, -0.2) is 36.3 Å². The number of amides is 2. The van der Waals surface area contributed by atoms with Gasteiger partial charge in [-0.15, -0.1) is 0 Å². The van der Waals surface area contributed by atoms with Gasteiger partial charge >= 0.3 is 6.18 Å². The molecule has 0 aliphatic heterocycles. The number of benzene rings is 2. The molecule has 2 amide bonds. The fourth-order valence-electron chi connectivity index (χ4n) is 2.55. The molecule has 28 heavy (non-hydrogen) atoms. The Labute approximate surface area is 161 Å². The van der Waals surface area contributed by atoms with E-state index in [2.05, 4.69) is 10.6 Å². The number of anilines is 2. The first kappa shape index (κ1) is 21.4. The monoisotopic (exact) mass is 393 g/mol. The molecule has 0 saturated heterocycles. The Hall–Kier alpha value is -2.87. The van der Waals surface area contributed by atoms with Crippen molar-refractivity contribution in [3.8, 4) is 0 Å². The van der Waals surface area contributed by atoms with Gasteiger partial charge < -0.3 is 10.6 Å². The summed E-state index contributed by atoms with van der Waals surface area (Å²) in [5.74, 6) is -0.934. The van der Waals surface area contributed by atoms with E-state index in [1.165, 1.54) is 23.1 Å². The Kier molecular flexibility index (Phi) is 7.17. The van der Waals surface area contributed by atoms with Gasteiger partial charge in [-0.3, -0.25) is 14.5 Å². The normalized spacial score (nSPS) is 11.4. The number of rotatable bonds is 7. The third-order valence-corrected chi connectivity index (χ3v) is 4.02. The number of carbonyl (C=O) groups excluding carboxylic acids is 2. The second-order valence-corrected chi connectivity index (χ2v) is 6.31. The number of likely N-dealkylation sites (N-methyl/N-ethyl adjacent to an activating group) is 1. The van der Waals surface area contributed by atoms with Crippen LogP contribution >= 0.6 is 0 Å². The molecular formula is C20H22F3N3O2. The van der Waals surface area contributed by atoms with Crippen LogP contribution in [0.5, 0.6) is 0 Å². The van der Waals surface area contributed by atoms with Gasteiger partial charge in [-0.25, -0.2) is 0 Å². The second kappa shape index (κ2) is 9.36. The average molecular weight is 393 g/mol. The van der Waals surface area contributed by atoms with Crippen LogP contribution in [0.15, 0.2) is 48.5 Å². The minimum Gasteiger partial charge on any atom is -0.325 e. The van der Waals surface area contributed by atoms with Gasteiger partial charge in [0.1, 0.15) is 0 Å². The summed E-state index contributed by atoms with van der Waals surface area (Å²) in [6.07, 6.45) is -4.57. The summed E-state index contributed by atoms with van der Waals surface area (Å²) in [5.41, 5.74) is 0.475. The number of nitrogens with one attached hydrogen (secondary N) is 2. The van der Waals surface area contributed by atoms with Crippen molar-refractivity contribution in [2.75, 3.05) is 30.3 Å². The molecule has 0 heterocycles. The third kappa shape index (κ3) is 6.38. The molecule has 0 aliphatic carbocycles. The molecule has 0 spiro atoms. The highest BCUT2D eigenvalue weighted by Crippen LogP contribution is 2.34. The van der Waals surface area contributed by atoms with Crippen molar-refractivity contribution in [3.05, 3.63) is 59.7 Å². The highest BCUT2D eigenvalue weighted by molar-refractivity contribution is 5.95. The smallest absolute Gasteiger partial charge is 0.325 e. The van der Waals surface area contributed by atoms with Gasteiger partial charge in [-0.2, -0.15) is 13.2 Å². The number of aryl methyl sites for hydroxylation is 1. The Bertz CT molecular complexity index is 820. The van der Waals surface area contributed by atoms with Gasteiger partial charge in [0, 0.05) is 5.69 Å². The summed E-state index contributed by atoms with van der Waals surface area (Å²) >= 11 is 0. The van der Waals surface area contributed by atoms with Crippen molar-refractivity contribution < 1.29 is 22.8 Å². The molecule has 150 valence electrons. The maximum atomic E-state index is 13.0. The van der Waals surface area contributed by atoms with E-state index in [-0.39, 0.29) is 24.7 Å². The molecule has 2 rings (SSSR count). The van der Waals surface area contributed by atoms with Crippen molar-refractivity contribution in [2.45, 2.75) is 20.0 Å². The van der Waals surface area contributed by atoms with E-state index >= 15 is 0 Å². The van der Waals surface area contributed by atoms with Crippen molar-refractivity contribution >= 4 is 23.2 Å². The first-order chi connectivity index (χ1) is 13.2. The van der Waals surface area contributed by atoms with E-state index in [4.69, 9.17) is 0 Å². The Balaban J connectivity index is 1.94. The van der Waals surface area contributed by atoms with Gasteiger partial charge in [0.15, 0.2) is 0 Å². The number of alkyl halides is 3. The zero-order valence-electron chi connectivity index (χ0n) is 15.6. The zero-order valence-corrected chi connectivity index (χ0v) is 15.6. The van der Waals surface area contributed by atoms with Crippen LogP contribution in [0.4, 0.5) is 24.5 Å². The lowest BCUT2D eigenvalue weighted by molar-refractivity contribution is -0.137. The van der Waals surface area contributed by atoms with Crippen molar-refractivity contribution in [2.24, 2.45) is 0 Å². The van der Waals surface area contributed by atoms with Crippen LogP contribution in [0.25, 0.3) is 0 Å². The predicted octanol–water partition coefficient (Wildman–Crippen LogP) is 3.91. The third-order valence-electron chi connectivity index (χ3n) is 4.02. The molecule has 2 aromatic carbocycles. The van der Waals surface area contributed by atoms with E-state index < -0.39 is 17.6 Å². The van der Waals surface area contributed by atoms with E-state index in [0.717, 1.165) is 11.6 Å². The van der Waals surface area contributed by atoms with Gasteiger partial charge in [-0.1, -0.05) is 36.8 Å². The second-order valence-electron chi connectivity index (χ2n) is 6.31. The highest BCUT2D eigenvalue weighted by atomic mass is 19.4. The van der Waals surface area contributed by atoms with Crippen molar-refractivity contribution in [3.63, 3.8) is 0 Å². The summed E-state index contributed by atoms with van der Waals surface area (Å²) in [5, 5.41) is 5.00. The fourth-order valence-corrected chi connectivity index (χ4v) is 2.55. The average Bonchev–Trinajstić information content (AvgIpc) is 2.62. The maximum absolute atomic E-state index is 13.0. The quantitative estimate of drug-likeness (QED) is 0.750. The van der Waals surface area contributed by atoms with Gasteiger partial charge in [0.2, 0.25) is 11.8 Å². The van der Waals surface area contributed by atoms with Crippen molar-refractivity contribution in [1.29, 1.82) is 0 Å². The van der Waals surface area contributed by atoms with Crippen LogP contribution in [0.1, 0.15) is 18.1 Å². The molecule has 0 aliphatic rings. The van der Waals surface area contributed by atoms with Gasteiger partial charge in [0.05, 0.1) is 24.3 Å². The Morgan fingerprint density at radius 3 is 2.07 bits per heavy atom. The fraction of sp³-hybridized carbons (Fsp3) is 0.300. The SMILES string of the molecule is CCN(CC(=O)Nc1ccc(C)cc1)CC(=O)Nc1ccccc1C(F)(F)F. The Morgan fingerprint density at radius 1 is 0.929 bits per heavy atom. The molecule has 2 N–H and O–H groups in total. The number of hydrogen-bond acceptors (Lipinski definition) is 3. The number of halogens is 3. The molecule has 0 unspecified atom stereocenters. The minimum atomic E-state index is -4.57. The lowest BCUT2D eigenvalue weighted by atomic mass is 10.1. The lowest BCUT2D eigenvalue weighted by Crippen LogP contribution is -2.38. The van der Waals surface area contributed by atoms with Crippen LogP contribution < -0.4 is 10.6 Å². The molecule has 2 aromatic rings. The number of para-hydroxylation sites is 1. The molecule has 0 saturated carbocycles.